The fraction of sp³-hybridized carbons (Fsp3) is 0.389. The number of ether oxygens (including phenoxy) is 1. The van der Waals surface area contributed by atoms with Crippen LogP contribution < -0.4 is 16.4 Å². The maximum atomic E-state index is 12.9. The van der Waals surface area contributed by atoms with Crippen LogP contribution in [-0.2, 0) is 33.5 Å². The van der Waals surface area contributed by atoms with Gasteiger partial charge in [0.2, 0.25) is 0 Å². The lowest BCUT2D eigenvalue weighted by molar-refractivity contribution is -0.150. The Morgan fingerprint density at radius 3 is 2.71 bits per heavy atom. The number of rotatable bonds is 9. The third-order valence-corrected chi connectivity index (χ3v) is 6.61. The molecule has 1 fully saturated rings. The Hall–Kier alpha value is -3.66. The maximum absolute atomic E-state index is 12.9. The molecule has 34 heavy (non-hydrogen) atoms. The van der Waals surface area contributed by atoms with Gasteiger partial charge in [0.05, 0.1) is 0 Å². The topological polar surface area (TPSA) is 203 Å². The number of thiazole rings is 1. The van der Waals surface area contributed by atoms with Gasteiger partial charge in [-0.1, -0.05) is 5.16 Å². The van der Waals surface area contributed by atoms with Crippen LogP contribution in [0.4, 0.5) is 5.13 Å². The number of anilines is 1. The molecule has 0 unspecified atom stereocenters. The average Bonchev–Trinajstić information content (AvgIpc) is 3.23. The molecular formula is C18H20N6O8S2. The molecule has 14 nitrogen and oxygen atoms in total. The van der Waals surface area contributed by atoms with Crippen LogP contribution in [0.1, 0.15) is 12.6 Å². The molecule has 16 heteroatoms. The Morgan fingerprint density at radius 2 is 2.12 bits per heavy atom. The highest BCUT2D eigenvalue weighted by Crippen LogP contribution is 2.40. The van der Waals surface area contributed by atoms with Gasteiger partial charge in [0.25, 0.3) is 17.7 Å². The number of β-lactam (4-membered cyclic amide) rings is 1. The predicted molar refractivity (Wildman–Crippen MR) is 119 cm³/mol. The van der Waals surface area contributed by atoms with E-state index in [0.717, 1.165) is 16.2 Å². The van der Waals surface area contributed by atoms with Gasteiger partial charge in [-0.25, -0.2) is 9.78 Å². The van der Waals surface area contributed by atoms with E-state index in [9.17, 15) is 29.1 Å². The lowest BCUT2D eigenvalue weighted by Crippen LogP contribution is -2.71. The number of carboxylic acid groups (broad SMARTS) is 1. The van der Waals surface area contributed by atoms with E-state index in [1.54, 1.807) is 0 Å². The number of esters is 1. The van der Waals surface area contributed by atoms with Crippen molar-refractivity contribution in [3.63, 3.8) is 0 Å². The first-order valence-electron chi connectivity index (χ1n) is 9.60. The summed E-state index contributed by atoms with van der Waals surface area (Å²) >= 11 is 2.25. The first-order chi connectivity index (χ1) is 16.1. The molecule has 0 bridgehead atoms. The molecule has 2 atom stereocenters. The summed E-state index contributed by atoms with van der Waals surface area (Å²) in [5, 5.41) is 19.0. The number of nitrogen functional groups attached to an aromatic ring is 1. The lowest BCUT2D eigenvalue weighted by Gasteiger charge is -2.49. The second kappa shape index (κ2) is 10.5. The van der Waals surface area contributed by atoms with Crippen molar-refractivity contribution in [3.8, 4) is 0 Å². The van der Waals surface area contributed by atoms with Gasteiger partial charge in [0.15, 0.2) is 17.5 Å². The van der Waals surface area contributed by atoms with Gasteiger partial charge >= 0.3 is 11.9 Å². The lowest BCUT2D eigenvalue weighted by atomic mass is 10.0. The highest BCUT2D eigenvalue weighted by Gasteiger charge is 2.54. The third-order valence-electron chi connectivity index (χ3n) is 4.60. The smallest absolute Gasteiger partial charge is 0.352 e. The second-order valence-corrected chi connectivity index (χ2v) is 8.85. The quantitative estimate of drug-likeness (QED) is 0.130. The monoisotopic (exact) mass is 512 g/mol. The van der Waals surface area contributed by atoms with E-state index >= 15 is 0 Å². The molecule has 0 spiro atoms. The minimum absolute atomic E-state index is 0.0756. The summed E-state index contributed by atoms with van der Waals surface area (Å²) in [5.41, 5.74) is 5.37. The van der Waals surface area contributed by atoms with Gasteiger partial charge < -0.3 is 31.0 Å². The fourth-order valence-electron chi connectivity index (χ4n) is 3.02. The van der Waals surface area contributed by atoms with E-state index in [1.165, 1.54) is 31.1 Å². The Morgan fingerprint density at radius 1 is 1.38 bits per heavy atom. The first-order valence-corrected chi connectivity index (χ1v) is 11.5. The van der Waals surface area contributed by atoms with Crippen molar-refractivity contribution in [1.29, 1.82) is 0 Å². The van der Waals surface area contributed by atoms with Crippen molar-refractivity contribution in [2.45, 2.75) is 18.3 Å². The largest absolute Gasteiger partial charge is 0.477 e. The molecule has 0 radical (unpaired) electrons. The SMILES string of the molecule is CNC(=O)CO/N=C(\C(=O)N[C@@H]1C(=O)N2C(C(=O)O)=C(COC(C)=O)CS[C@H]12)c1csc(N)n1. The van der Waals surface area contributed by atoms with E-state index in [1.807, 2.05) is 0 Å². The number of fused-ring (bicyclic) bond motifs is 1. The molecule has 0 saturated carbocycles. The van der Waals surface area contributed by atoms with Crippen LogP contribution in [-0.4, -0.2) is 87.8 Å². The van der Waals surface area contributed by atoms with Gasteiger partial charge in [-0.2, -0.15) is 0 Å². The molecule has 3 amide bonds. The van der Waals surface area contributed by atoms with E-state index in [2.05, 4.69) is 20.8 Å². The number of likely N-dealkylation sites (N-methyl/N-ethyl adjacent to an activating group) is 1. The van der Waals surface area contributed by atoms with E-state index in [-0.39, 0.29) is 40.2 Å². The fourth-order valence-corrected chi connectivity index (χ4v) is 4.90. The predicted octanol–water partition coefficient (Wildman–Crippen LogP) is -1.51. The summed E-state index contributed by atoms with van der Waals surface area (Å²) in [6, 6.07) is -1.05. The number of nitrogens with zero attached hydrogens (tertiary/aromatic N) is 3. The average molecular weight is 513 g/mol. The van der Waals surface area contributed by atoms with Crippen molar-refractivity contribution in [3.05, 3.63) is 22.3 Å². The Balaban J connectivity index is 1.77. The standard InChI is InChI=1S/C18H20N6O8S2/c1-7(25)31-3-8-5-33-16-12(15(28)24(16)13(8)17(29)30)22-14(27)11(9-6-34-18(19)21-9)23-32-4-10(26)20-2/h6,12,16H,3-5H2,1-2H3,(H2,19,21)(H,20,26)(H,22,27)(H,29,30)/b23-11-/t12-,16-/m1/s1. The van der Waals surface area contributed by atoms with E-state index in [0.29, 0.717) is 0 Å². The molecule has 3 rings (SSSR count). The van der Waals surface area contributed by atoms with Gasteiger partial charge in [0.1, 0.15) is 29.4 Å². The maximum Gasteiger partial charge on any atom is 0.352 e. The summed E-state index contributed by atoms with van der Waals surface area (Å²) in [7, 11) is 1.40. The summed E-state index contributed by atoms with van der Waals surface area (Å²) in [4.78, 5) is 69.9. The van der Waals surface area contributed by atoms with Gasteiger partial charge in [0, 0.05) is 30.7 Å². The Bertz CT molecular complexity index is 1100. The van der Waals surface area contributed by atoms with Crippen molar-refractivity contribution >= 4 is 63.6 Å². The second-order valence-electron chi connectivity index (χ2n) is 6.86. The van der Waals surface area contributed by atoms with Crippen LogP contribution in [0.2, 0.25) is 0 Å². The highest BCUT2D eigenvalue weighted by atomic mass is 32.2. The summed E-state index contributed by atoms with van der Waals surface area (Å²) in [6.45, 7) is 0.467. The number of thioether (sulfide) groups is 1. The number of carboxylic acids is 1. The van der Waals surface area contributed by atoms with Gasteiger partial charge in [-0.05, 0) is 0 Å². The zero-order chi connectivity index (χ0) is 25.0. The molecule has 0 aromatic carbocycles. The number of nitrogens with two attached hydrogens (primary N) is 1. The van der Waals surface area contributed by atoms with E-state index in [4.69, 9.17) is 15.3 Å². The number of amides is 3. The molecule has 2 aliphatic rings. The van der Waals surface area contributed by atoms with E-state index < -0.39 is 47.7 Å². The summed E-state index contributed by atoms with van der Waals surface area (Å²) in [5.74, 6) is -3.73. The molecular weight excluding hydrogens is 492 g/mol. The molecule has 1 saturated heterocycles. The number of aromatic nitrogens is 1. The van der Waals surface area contributed by atoms with Crippen molar-refractivity contribution in [2.75, 3.05) is 31.7 Å². The normalized spacial score (nSPS) is 19.6. The Kier molecular flexibility index (Phi) is 7.72. The van der Waals surface area contributed by atoms with Crippen LogP contribution >= 0.6 is 23.1 Å². The number of nitrogens with one attached hydrogen (secondary N) is 2. The van der Waals surface area contributed by atoms with Gasteiger partial charge in [-0.15, -0.1) is 23.1 Å². The number of hydrogen-bond acceptors (Lipinski definition) is 12. The zero-order valence-corrected chi connectivity index (χ0v) is 19.5. The number of carbonyl (C=O) groups is 5. The van der Waals surface area contributed by atoms with Crippen molar-refractivity contribution in [2.24, 2.45) is 5.16 Å². The molecule has 1 aromatic heterocycles. The van der Waals surface area contributed by atoms with Crippen LogP contribution in [0, 0.1) is 0 Å². The van der Waals surface area contributed by atoms with Crippen LogP contribution in [0.15, 0.2) is 21.8 Å². The summed E-state index contributed by atoms with van der Waals surface area (Å²) < 4.78 is 4.89. The van der Waals surface area contributed by atoms with Gasteiger partial charge in [-0.3, -0.25) is 24.1 Å². The van der Waals surface area contributed by atoms with Crippen LogP contribution in [0.5, 0.6) is 0 Å². The molecule has 0 aliphatic carbocycles. The zero-order valence-electron chi connectivity index (χ0n) is 17.9. The molecule has 5 N–H and O–H groups in total. The van der Waals surface area contributed by atoms with Crippen molar-refractivity contribution in [1.82, 2.24) is 20.5 Å². The number of carbonyl (C=O) groups excluding carboxylic acids is 4. The number of aliphatic carboxylic acids is 1. The Labute approximate surface area is 200 Å². The number of oxime groups is 1. The minimum atomic E-state index is -1.35. The highest BCUT2D eigenvalue weighted by molar-refractivity contribution is 8.00. The van der Waals surface area contributed by atoms with Crippen LogP contribution in [0.3, 0.4) is 0 Å². The minimum Gasteiger partial charge on any atom is -0.477 e. The van der Waals surface area contributed by atoms with Crippen LogP contribution in [0.25, 0.3) is 0 Å². The molecule has 182 valence electrons. The molecule has 2 aliphatic heterocycles. The summed E-state index contributed by atoms with van der Waals surface area (Å²) in [6.07, 6.45) is 0. The number of hydrogen-bond donors (Lipinski definition) is 4. The first kappa shape index (κ1) is 25.0. The third kappa shape index (κ3) is 5.28. The molecule has 1 aromatic rings. The van der Waals surface area contributed by atoms with Crippen molar-refractivity contribution < 1.29 is 38.7 Å². The molecule has 3 heterocycles.